The summed E-state index contributed by atoms with van der Waals surface area (Å²) >= 11 is 0. The quantitative estimate of drug-likeness (QED) is 0.462. The van der Waals surface area contributed by atoms with Crippen LogP contribution < -0.4 is 0 Å². The van der Waals surface area contributed by atoms with Crippen molar-refractivity contribution in [2.24, 2.45) is 0 Å². The molecule has 1 aliphatic heterocycles. The van der Waals surface area contributed by atoms with E-state index in [0.717, 1.165) is 0 Å². The summed E-state index contributed by atoms with van der Waals surface area (Å²) in [5, 5.41) is -1.23. The monoisotopic (exact) mass is 269 g/mol. The van der Waals surface area contributed by atoms with Crippen molar-refractivity contribution in [2.75, 3.05) is 40.0 Å². The lowest BCUT2D eigenvalue weighted by Gasteiger charge is -2.15. The molecule has 0 spiro atoms. The molecule has 1 aliphatic rings. The summed E-state index contributed by atoms with van der Waals surface area (Å²) in [6, 6.07) is 0. The van der Waals surface area contributed by atoms with E-state index < -0.39 is 15.5 Å². The van der Waals surface area contributed by atoms with E-state index in [1.165, 1.54) is 4.90 Å². The molecule has 0 bridgehead atoms. The highest BCUT2D eigenvalue weighted by Gasteiger charge is 2.37. The third-order valence-corrected chi connectivity index (χ3v) is 3.63. The first kappa shape index (κ1) is 14.3. The van der Waals surface area contributed by atoms with Crippen molar-refractivity contribution in [1.29, 1.82) is 0 Å². The van der Waals surface area contributed by atoms with Gasteiger partial charge in [-0.25, -0.2) is 0 Å². The fourth-order valence-electron chi connectivity index (χ4n) is 1.56. The zero-order valence-corrected chi connectivity index (χ0v) is 10.4. The van der Waals surface area contributed by atoms with Gasteiger partial charge in [0.1, 0.15) is 5.25 Å². The van der Waals surface area contributed by atoms with E-state index in [9.17, 15) is 17.1 Å². The zero-order chi connectivity index (χ0) is 12.9. The largest absolute Gasteiger partial charge is 0.382 e. The molecule has 100 valence electrons. The minimum atomic E-state index is -4.63. The second-order valence-electron chi connectivity index (χ2n) is 3.75. The Morgan fingerprint density at radius 3 is 2.65 bits per heavy atom. The number of carbonyl (C=O) groups is 1. The SMILES string of the molecule is COCCOCCN1CC(S(=O)(=O)F)CC1=O. The van der Waals surface area contributed by atoms with Crippen molar-refractivity contribution in [3.8, 4) is 0 Å². The molecule has 8 heteroatoms. The normalized spacial score (nSPS) is 21.2. The Morgan fingerprint density at radius 2 is 2.12 bits per heavy atom. The lowest BCUT2D eigenvalue weighted by Crippen LogP contribution is -2.30. The lowest BCUT2D eigenvalue weighted by atomic mass is 10.4. The maximum Gasteiger partial charge on any atom is 0.307 e. The minimum absolute atomic E-state index is 0.0920. The number of rotatable bonds is 7. The van der Waals surface area contributed by atoms with Crippen LogP contribution in [0.15, 0.2) is 0 Å². The van der Waals surface area contributed by atoms with Gasteiger partial charge in [0, 0.05) is 26.6 Å². The van der Waals surface area contributed by atoms with Crippen molar-refractivity contribution in [2.45, 2.75) is 11.7 Å². The third-order valence-electron chi connectivity index (χ3n) is 2.51. The van der Waals surface area contributed by atoms with E-state index in [1.807, 2.05) is 0 Å². The molecule has 6 nitrogen and oxygen atoms in total. The summed E-state index contributed by atoms with van der Waals surface area (Å²) in [5.74, 6) is -0.355. The van der Waals surface area contributed by atoms with Gasteiger partial charge in [0.05, 0.1) is 19.8 Å². The Morgan fingerprint density at radius 1 is 1.41 bits per heavy atom. The number of hydrogen-bond donors (Lipinski definition) is 0. The van der Waals surface area contributed by atoms with E-state index in [4.69, 9.17) is 9.47 Å². The van der Waals surface area contributed by atoms with E-state index in [1.54, 1.807) is 7.11 Å². The Labute approximate surface area is 99.9 Å². The first-order valence-corrected chi connectivity index (χ1v) is 6.67. The smallest absolute Gasteiger partial charge is 0.307 e. The van der Waals surface area contributed by atoms with Crippen LogP contribution in [0.25, 0.3) is 0 Å². The molecule has 0 radical (unpaired) electrons. The Hall–Kier alpha value is -0.730. The molecule has 1 atom stereocenters. The second-order valence-corrected chi connectivity index (χ2v) is 5.36. The van der Waals surface area contributed by atoms with Crippen molar-refractivity contribution in [3.63, 3.8) is 0 Å². The molecule has 0 aliphatic carbocycles. The number of nitrogens with zero attached hydrogens (tertiary/aromatic N) is 1. The van der Waals surface area contributed by atoms with E-state index in [2.05, 4.69) is 0 Å². The molecule has 1 fully saturated rings. The summed E-state index contributed by atoms with van der Waals surface area (Å²) in [5.41, 5.74) is 0. The molecular formula is C9H16FNO5S. The molecule has 1 unspecified atom stereocenters. The van der Waals surface area contributed by atoms with Crippen molar-refractivity contribution in [1.82, 2.24) is 4.90 Å². The van der Waals surface area contributed by atoms with Gasteiger partial charge >= 0.3 is 10.2 Å². The topological polar surface area (TPSA) is 72.9 Å². The number of halogens is 1. The summed E-state index contributed by atoms with van der Waals surface area (Å²) in [6.07, 6.45) is -0.281. The number of ether oxygens (including phenoxy) is 2. The zero-order valence-electron chi connectivity index (χ0n) is 9.59. The van der Waals surface area contributed by atoms with Gasteiger partial charge < -0.3 is 14.4 Å². The van der Waals surface area contributed by atoms with Gasteiger partial charge in [0.2, 0.25) is 5.91 Å². The van der Waals surface area contributed by atoms with Crippen LogP contribution in [0.1, 0.15) is 6.42 Å². The number of carbonyl (C=O) groups excluding carboxylic acids is 1. The molecule has 1 amide bonds. The molecule has 1 heterocycles. The molecule has 0 aromatic heterocycles. The Kier molecular flexibility index (Phi) is 5.29. The molecule has 0 aromatic carbocycles. The number of methoxy groups -OCH3 is 1. The Balaban J connectivity index is 2.29. The molecule has 1 saturated heterocycles. The second kappa shape index (κ2) is 6.27. The fraction of sp³-hybridized carbons (Fsp3) is 0.889. The van der Waals surface area contributed by atoms with Crippen molar-refractivity contribution in [3.05, 3.63) is 0 Å². The van der Waals surface area contributed by atoms with E-state index >= 15 is 0 Å². The molecular weight excluding hydrogens is 253 g/mol. The number of hydrogen-bond acceptors (Lipinski definition) is 5. The molecule has 17 heavy (non-hydrogen) atoms. The van der Waals surface area contributed by atoms with Gasteiger partial charge in [-0.05, 0) is 0 Å². The van der Waals surface area contributed by atoms with Crippen LogP contribution >= 0.6 is 0 Å². The van der Waals surface area contributed by atoms with Crippen LogP contribution in [0.2, 0.25) is 0 Å². The third kappa shape index (κ3) is 4.57. The number of amides is 1. The van der Waals surface area contributed by atoms with Crippen LogP contribution in [0.4, 0.5) is 3.89 Å². The van der Waals surface area contributed by atoms with E-state index in [-0.39, 0.29) is 32.0 Å². The highest BCUT2D eigenvalue weighted by molar-refractivity contribution is 7.87. The van der Waals surface area contributed by atoms with Crippen molar-refractivity contribution >= 4 is 16.1 Å². The predicted octanol–water partition coefficient (Wildman–Crippen LogP) is -0.450. The van der Waals surface area contributed by atoms with Crippen LogP contribution in [-0.4, -0.2) is 64.5 Å². The van der Waals surface area contributed by atoms with Crippen LogP contribution in [-0.2, 0) is 24.5 Å². The maximum atomic E-state index is 12.7. The van der Waals surface area contributed by atoms with E-state index in [0.29, 0.717) is 13.2 Å². The molecule has 1 rings (SSSR count). The van der Waals surface area contributed by atoms with Gasteiger partial charge in [-0.3, -0.25) is 4.79 Å². The summed E-state index contributed by atoms with van der Waals surface area (Å²) in [6.45, 7) is 1.33. The molecule has 0 aromatic rings. The highest BCUT2D eigenvalue weighted by atomic mass is 32.3. The van der Waals surface area contributed by atoms with Gasteiger partial charge in [-0.15, -0.1) is 3.89 Å². The van der Waals surface area contributed by atoms with Crippen molar-refractivity contribution < 1.29 is 26.6 Å². The van der Waals surface area contributed by atoms with Gasteiger partial charge in [0.15, 0.2) is 0 Å². The fourth-order valence-corrected chi connectivity index (χ4v) is 2.26. The molecule has 0 saturated carbocycles. The Bertz CT molecular complexity index is 358. The van der Waals surface area contributed by atoms with Crippen LogP contribution in [0.3, 0.4) is 0 Å². The first-order chi connectivity index (χ1) is 7.95. The number of likely N-dealkylation sites (tertiary alicyclic amines) is 1. The first-order valence-electron chi connectivity index (χ1n) is 5.23. The lowest BCUT2D eigenvalue weighted by molar-refractivity contribution is -0.128. The molecule has 0 N–H and O–H groups in total. The van der Waals surface area contributed by atoms with Gasteiger partial charge in [-0.2, -0.15) is 8.42 Å². The summed E-state index contributed by atoms with van der Waals surface area (Å²) in [7, 11) is -3.09. The average molecular weight is 269 g/mol. The highest BCUT2D eigenvalue weighted by Crippen LogP contribution is 2.19. The maximum absolute atomic E-state index is 12.7. The minimum Gasteiger partial charge on any atom is -0.382 e. The summed E-state index contributed by atoms with van der Waals surface area (Å²) in [4.78, 5) is 12.7. The van der Waals surface area contributed by atoms with Gasteiger partial charge in [-0.1, -0.05) is 0 Å². The predicted molar refractivity (Wildman–Crippen MR) is 57.7 cm³/mol. The average Bonchev–Trinajstić information content (AvgIpc) is 2.60. The van der Waals surface area contributed by atoms with Crippen LogP contribution in [0, 0.1) is 0 Å². The summed E-state index contributed by atoms with van der Waals surface area (Å²) < 4.78 is 43.9. The van der Waals surface area contributed by atoms with Gasteiger partial charge in [0.25, 0.3) is 0 Å². The standard InChI is InChI=1S/C9H16FNO5S/c1-15-4-5-16-3-2-11-7-8(6-9(11)12)17(10,13)14/h8H,2-7H2,1H3. The van der Waals surface area contributed by atoms with Crippen LogP contribution in [0.5, 0.6) is 0 Å².